The zero-order valence-corrected chi connectivity index (χ0v) is 15.1. The second-order valence-corrected chi connectivity index (χ2v) is 5.94. The number of benzene rings is 2. The van der Waals surface area contributed by atoms with E-state index in [0.29, 0.717) is 13.1 Å². The average molecular weight is 364 g/mol. The molecule has 2 rings (SSSR count). The van der Waals surface area contributed by atoms with E-state index in [0.717, 1.165) is 34.7 Å². The smallest absolute Gasteiger partial charge is 0.416 e. The van der Waals surface area contributed by atoms with Crippen molar-refractivity contribution in [3.8, 4) is 5.75 Å². The Balaban J connectivity index is 2.24. The lowest BCUT2D eigenvalue weighted by Crippen LogP contribution is -2.22. The summed E-state index contributed by atoms with van der Waals surface area (Å²) in [6.07, 6.45) is -2.46. The summed E-state index contributed by atoms with van der Waals surface area (Å²) in [5.74, 6) is 0.780. The molecule has 26 heavy (non-hydrogen) atoms. The lowest BCUT2D eigenvalue weighted by molar-refractivity contribution is -0.137. The van der Waals surface area contributed by atoms with E-state index in [1.54, 1.807) is 7.11 Å². The van der Waals surface area contributed by atoms with Gasteiger partial charge < -0.3 is 15.0 Å². The summed E-state index contributed by atoms with van der Waals surface area (Å²) in [4.78, 5) is 2.08. The molecule has 3 nitrogen and oxygen atoms in total. The first-order valence-electron chi connectivity index (χ1n) is 8.22. The topological polar surface area (TPSA) is 24.5 Å². The van der Waals surface area contributed by atoms with Crippen LogP contribution in [0.1, 0.15) is 23.6 Å². The van der Waals surface area contributed by atoms with Crippen LogP contribution in [0.2, 0.25) is 0 Å². The van der Waals surface area contributed by atoms with Crippen molar-refractivity contribution in [2.24, 2.45) is 0 Å². The van der Waals surface area contributed by atoms with Crippen molar-refractivity contribution >= 4 is 0 Å². The van der Waals surface area contributed by atoms with E-state index < -0.39 is 11.7 Å². The van der Waals surface area contributed by atoms with Gasteiger partial charge in [0, 0.05) is 37.6 Å². The molecule has 0 aliphatic heterocycles. The zero-order valence-electron chi connectivity index (χ0n) is 15.1. The first-order valence-corrected chi connectivity index (χ1v) is 8.22. The molecule has 0 radical (unpaired) electrons. The number of rotatable bonds is 7. The molecule has 2 aromatic carbocycles. The number of nitrogens with one attached hydrogen (secondary N) is 1. The van der Waals surface area contributed by atoms with E-state index in [1.165, 1.54) is 12.1 Å². The van der Waals surface area contributed by atoms with Crippen molar-refractivity contribution in [3.63, 3.8) is 0 Å². The number of allylic oxidation sites excluding steroid dienone is 1. The number of nitrogens with zero attached hydrogens (tertiary/aromatic N) is 1. The molecular formula is C20H23F3N2O. The highest BCUT2D eigenvalue weighted by Crippen LogP contribution is 2.29. The Morgan fingerprint density at radius 2 is 1.73 bits per heavy atom. The highest BCUT2D eigenvalue weighted by molar-refractivity contribution is 5.34. The predicted molar refractivity (Wildman–Crippen MR) is 96.5 cm³/mol. The van der Waals surface area contributed by atoms with Crippen molar-refractivity contribution in [2.45, 2.75) is 26.2 Å². The number of hydrogen-bond acceptors (Lipinski definition) is 3. The Hall–Kier alpha value is -2.63. The molecule has 0 fully saturated rings. The third-order valence-corrected chi connectivity index (χ3v) is 4.06. The Morgan fingerprint density at radius 1 is 1.08 bits per heavy atom. The van der Waals surface area contributed by atoms with Gasteiger partial charge in [-0.05, 0) is 30.7 Å². The van der Waals surface area contributed by atoms with E-state index in [9.17, 15) is 13.2 Å². The number of alkyl halides is 3. The van der Waals surface area contributed by atoms with Crippen molar-refractivity contribution in [1.29, 1.82) is 0 Å². The summed E-state index contributed by atoms with van der Waals surface area (Å²) in [5.41, 5.74) is 2.14. The van der Waals surface area contributed by atoms with Gasteiger partial charge in [-0.3, -0.25) is 0 Å². The van der Waals surface area contributed by atoms with E-state index >= 15 is 0 Å². The molecular weight excluding hydrogens is 341 g/mol. The summed E-state index contributed by atoms with van der Waals surface area (Å²) in [6.45, 7) is 3.02. The second kappa shape index (κ2) is 8.65. The summed E-state index contributed by atoms with van der Waals surface area (Å²) in [6, 6.07) is 13.0. The first-order chi connectivity index (χ1) is 12.3. The molecule has 6 heteroatoms. The van der Waals surface area contributed by atoms with Crippen LogP contribution >= 0.6 is 0 Å². The number of para-hydroxylation sites is 1. The van der Waals surface area contributed by atoms with Crippen molar-refractivity contribution in [2.75, 3.05) is 14.2 Å². The monoisotopic (exact) mass is 364 g/mol. The molecule has 0 spiro atoms. The van der Waals surface area contributed by atoms with Gasteiger partial charge in [0.15, 0.2) is 0 Å². The average Bonchev–Trinajstić information content (AvgIpc) is 2.61. The molecule has 0 aliphatic carbocycles. The van der Waals surface area contributed by atoms with Gasteiger partial charge in [0.05, 0.1) is 12.7 Å². The van der Waals surface area contributed by atoms with Crippen LogP contribution in [0.5, 0.6) is 5.75 Å². The van der Waals surface area contributed by atoms with Gasteiger partial charge in [-0.15, -0.1) is 0 Å². The van der Waals surface area contributed by atoms with Crippen LogP contribution < -0.4 is 10.1 Å². The van der Waals surface area contributed by atoms with Crippen molar-refractivity contribution in [3.05, 3.63) is 77.1 Å². The third kappa shape index (κ3) is 5.18. The quantitative estimate of drug-likeness (QED) is 0.764. The van der Waals surface area contributed by atoms with E-state index in [2.05, 4.69) is 10.2 Å². The molecule has 0 unspecified atom stereocenters. The molecule has 0 bridgehead atoms. The first kappa shape index (κ1) is 19.7. The fraction of sp³-hybridized carbons (Fsp3) is 0.300. The van der Waals surface area contributed by atoms with Gasteiger partial charge >= 0.3 is 6.18 Å². The molecule has 0 amide bonds. The summed E-state index contributed by atoms with van der Waals surface area (Å²) >= 11 is 0. The van der Waals surface area contributed by atoms with Gasteiger partial charge in [0.1, 0.15) is 5.75 Å². The van der Waals surface area contributed by atoms with Crippen LogP contribution in [0.25, 0.3) is 0 Å². The lowest BCUT2D eigenvalue weighted by Gasteiger charge is -2.26. The Kier molecular flexibility index (Phi) is 6.55. The van der Waals surface area contributed by atoms with Gasteiger partial charge in [-0.1, -0.05) is 30.3 Å². The molecule has 1 N–H and O–H groups in total. The van der Waals surface area contributed by atoms with Gasteiger partial charge in [0.2, 0.25) is 0 Å². The minimum Gasteiger partial charge on any atom is -0.496 e. The molecule has 0 atom stereocenters. The molecule has 140 valence electrons. The van der Waals surface area contributed by atoms with Crippen LogP contribution in [0.3, 0.4) is 0 Å². The Labute approximate surface area is 152 Å². The maximum absolute atomic E-state index is 12.7. The molecule has 0 aliphatic rings. The normalized spacial score (nSPS) is 12.0. The largest absolute Gasteiger partial charge is 0.496 e. The predicted octanol–water partition coefficient (Wildman–Crippen LogP) is 4.80. The molecule has 0 saturated heterocycles. The second-order valence-electron chi connectivity index (χ2n) is 5.94. The van der Waals surface area contributed by atoms with Gasteiger partial charge in [0.25, 0.3) is 0 Å². The molecule has 2 aromatic rings. The van der Waals surface area contributed by atoms with Crippen LogP contribution in [-0.2, 0) is 19.3 Å². The summed E-state index contributed by atoms with van der Waals surface area (Å²) in [5, 5.41) is 2.99. The third-order valence-electron chi connectivity index (χ3n) is 4.06. The van der Waals surface area contributed by atoms with Crippen LogP contribution in [-0.4, -0.2) is 19.1 Å². The number of ether oxygens (including phenoxy) is 1. The Morgan fingerprint density at radius 3 is 2.31 bits per heavy atom. The molecule has 0 heterocycles. The van der Waals surface area contributed by atoms with Gasteiger partial charge in [-0.2, -0.15) is 13.2 Å². The van der Waals surface area contributed by atoms with E-state index in [-0.39, 0.29) is 0 Å². The fourth-order valence-corrected chi connectivity index (χ4v) is 2.66. The van der Waals surface area contributed by atoms with Crippen molar-refractivity contribution < 1.29 is 17.9 Å². The number of halogens is 3. The minimum atomic E-state index is -4.32. The van der Waals surface area contributed by atoms with Crippen LogP contribution in [0.4, 0.5) is 13.2 Å². The van der Waals surface area contributed by atoms with Crippen molar-refractivity contribution in [1.82, 2.24) is 10.2 Å². The standard InChI is InChI=1S/C20H23F3N2O/c1-15(12-24-2)25(14-17-6-4-5-7-19(17)26-3)13-16-8-10-18(11-9-16)20(21,22)23/h4-12,24H,13-14H2,1-3H3/b15-12-. The SMILES string of the molecule is CN/C=C(/C)N(Cc1ccc(C(F)(F)F)cc1)Cc1ccccc1OC. The summed E-state index contributed by atoms with van der Waals surface area (Å²) in [7, 11) is 3.43. The lowest BCUT2D eigenvalue weighted by atomic mass is 10.1. The highest BCUT2D eigenvalue weighted by atomic mass is 19.4. The summed E-state index contributed by atoms with van der Waals surface area (Å²) < 4.78 is 43.6. The van der Waals surface area contributed by atoms with E-state index in [1.807, 2.05) is 44.4 Å². The zero-order chi connectivity index (χ0) is 19.2. The van der Waals surface area contributed by atoms with Crippen LogP contribution in [0, 0.1) is 0 Å². The Bertz CT molecular complexity index is 739. The maximum atomic E-state index is 12.7. The molecule has 0 aromatic heterocycles. The number of methoxy groups -OCH3 is 1. The minimum absolute atomic E-state index is 0.486. The van der Waals surface area contributed by atoms with Crippen LogP contribution in [0.15, 0.2) is 60.4 Å². The fourth-order valence-electron chi connectivity index (χ4n) is 2.66. The number of hydrogen-bond donors (Lipinski definition) is 1. The van der Waals surface area contributed by atoms with Gasteiger partial charge in [-0.25, -0.2) is 0 Å². The maximum Gasteiger partial charge on any atom is 0.416 e. The highest BCUT2D eigenvalue weighted by Gasteiger charge is 2.30. The van der Waals surface area contributed by atoms with E-state index in [4.69, 9.17) is 4.74 Å². The molecule has 0 saturated carbocycles.